The first-order chi connectivity index (χ1) is 12.7. The second kappa shape index (κ2) is 8.30. The lowest BCUT2D eigenvalue weighted by Crippen LogP contribution is -2.37. The molecule has 1 unspecified atom stereocenters. The highest BCUT2D eigenvalue weighted by molar-refractivity contribution is 5.83. The van der Waals surface area contributed by atoms with Gasteiger partial charge < -0.3 is 14.2 Å². The highest BCUT2D eigenvalue weighted by Gasteiger charge is 2.29. The van der Waals surface area contributed by atoms with Gasteiger partial charge in [-0.05, 0) is 22.9 Å². The Morgan fingerprint density at radius 1 is 1.35 bits per heavy atom. The van der Waals surface area contributed by atoms with Crippen molar-refractivity contribution >= 4 is 5.91 Å². The van der Waals surface area contributed by atoms with Crippen molar-refractivity contribution in [2.75, 3.05) is 13.7 Å². The van der Waals surface area contributed by atoms with Crippen molar-refractivity contribution in [1.29, 1.82) is 0 Å². The van der Waals surface area contributed by atoms with Gasteiger partial charge in [0.05, 0.1) is 0 Å². The number of amides is 1. The molecule has 0 saturated heterocycles. The number of ether oxygens (including phenoxy) is 1. The van der Waals surface area contributed by atoms with Gasteiger partial charge in [0, 0.05) is 13.7 Å². The molecule has 0 aliphatic heterocycles. The van der Waals surface area contributed by atoms with Crippen LogP contribution in [-0.4, -0.2) is 54.8 Å². The second-order valence-corrected chi connectivity index (χ2v) is 5.49. The summed E-state index contributed by atoms with van der Waals surface area (Å²) < 4.78 is 11.6. The minimum absolute atomic E-state index is 0.169. The molecule has 26 heavy (non-hydrogen) atoms. The van der Waals surface area contributed by atoms with Gasteiger partial charge in [-0.25, -0.2) is 4.68 Å². The Hall–Kier alpha value is -3.14. The van der Waals surface area contributed by atoms with Gasteiger partial charge in [-0.1, -0.05) is 35.5 Å². The zero-order valence-electron chi connectivity index (χ0n) is 14.5. The van der Waals surface area contributed by atoms with Crippen LogP contribution in [0.4, 0.5) is 0 Å². The maximum atomic E-state index is 13.2. The number of likely N-dealkylation sites (N-methyl/N-ethyl adjacent to an activating group) is 1. The first-order valence-electron chi connectivity index (χ1n) is 8.09. The first-order valence-corrected chi connectivity index (χ1v) is 8.09. The molecule has 1 aromatic carbocycles. The number of benzene rings is 1. The number of methoxy groups -OCH3 is 1. The summed E-state index contributed by atoms with van der Waals surface area (Å²) in [7, 11) is 1.55. The van der Waals surface area contributed by atoms with Gasteiger partial charge >= 0.3 is 0 Å². The van der Waals surface area contributed by atoms with E-state index in [4.69, 9.17) is 9.26 Å². The lowest BCUT2D eigenvalue weighted by Gasteiger charge is -2.25. The van der Waals surface area contributed by atoms with E-state index in [1.165, 1.54) is 11.0 Å². The topological polar surface area (TPSA) is 112 Å². The van der Waals surface area contributed by atoms with Crippen LogP contribution in [0.25, 0.3) is 0 Å². The summed E-state index contributed by atoms with van der Waals surface area (Å²) in [6.07, 6.45) is 1.42. The van der Waals surface area contributed by atoms with E-state index < -0.39 is 6.04 Å². The third kappa shape index (κ3) is 3.91. The minimum atomic E-state index is -0.674. The molecule has 0 saturated carbocycles. The van der Waals surface area contributed by atoms with Gasteiger partial charge in [0.1, 0.15) is 19.5 Å². The Balaban J connectivity index is 1.84. The van der Waals surface area contributed by atoms with Gasteiger partial charge in [-0.15, -0.1) is 5.10 Å². The molecule has 0 N–H and O–H groups in total. The molecule has 0 aliphatic rings. The van der Waals surface area contributed by atoms with E-state index in [1.54, 1.807) is 12.0 Å². The van der Waals surface area contributed by atoms with E-state index in [1.807, 2.05) is 37.3 Å². The molecular weight excluding hydrogens is 338 g/mol. The van der Waals surface area contributed by atoms with Crippen molar-refractivity contribution in [2.45, 2.75) is 26.1 Å². The summed E-state index contributed by atoms with van der Waals surface area (Å²) in [5.74, 6) is 0.611. The number of tetrazole rings is 1. The molecule has 2 heterocycles. The summed E-state index contributed by atoms with van der Waals surface area (Å²) >= 11 is 0. The van der Waals surface area contributed by atoms with Crippen molar-refractivity contribution < 1.29 is 14.1 Å². The fourth-order valence-electron chi connectivity index (χ4n) is 2.55. The molecule has 10 nitrogen and oxygen atoms in total. The number of aromatic nitrogens is 6. The Morgan fingerprint density at radius 3 is 2.81 bits per heavy atom. The normalized spacial score (nSPS) is 12.1. The molecular formula is C16H19N7O3. The lowest BCUT2D eigenvalue weighted by atomic mass is 10.1. The van der Waals surface area contributed by atoms with Crippen molar-refractivity contribution in [3.05, 3.63) is 53.9 Å². The van der Waals surface area contributed by atoms with E-state index in [0.717, 1.165) is 5.56 Å². The van der Waals surface area contributed by atoms with Crippen molar-refractivity contribution in [1.82, 2.24) is 35.2 Å². The van der Waals surface area contributed by atoms with Crippen molar-refractivity contribution in [3.8, 4) is 0 Å². The van der Waals surface area contributed by atoms with Crippen molar-refractivity contribution in [3.63, 3.8) is 0 Å². The van der Waals surface area contributed by atoms with Gasteiger partial charge in [0.25, 0.3) is 5.91 Å². The molecule has 2 aromatic heterocycles. The Morgan fingerprint density at radius 2 is 2.15 bits per heavy atom. The van der Waals surface area contributed by atoms with Crippen LogP contribution in [0.1, 0.15) is 30.2 Å². The van der Waals surface area contributed by atoms with Crippen LogP contribution in [-0.2, 0) is 22.7 Å². The van der Waals surface area contributed by atoms with Crippen LogP contribution in [0.2, 0.25) is 0 Å². The maximum absolute atomic E-state index is 13.2. The van der Waals surface area contributed by atoms with Crippen LogP contribution in [0.15, 0.2) is 41.2 Å². The van der Waals surface area contributed by atoms with Gasteiger partial charge in [-0.2, -0.15) is 4.98 Å². The predicted molar refractivity (Wildman–Crippen MR) is 88.5 cm³/mol. The van der Waals surface area contributed by atoms with E-state index >= 15 is 0 Å². The Kier molecular flexibility index (Phi) is 5.64. The van der Waals surface area contributed by atoms with Crippen LogP contribution in [0, 0.1) is 0 Å². The number of rotatable bonds is 8. The maximum Gasteiger partial charge on any atom is 0.252 e. The average molecular weight is 357 g/mol. The summed E-state index contributed by atoms with van der Waals surface area (Å²) in [6.45, 7) is 2.79. The highest BCUT2D eigenvalue weighted by Crippen LogP contribution is 2.20. The molecule has 10 heteroatoms. The third-order valence-electron chi connectivity index (χ3n) is 3.78. The van der Waals surface area contributed by atoms with Crippen LogP contribution in [0.3, 0.4) is 0 Å². The number of carbonyl (C=O) groups excluding carboxylic acids is 1. The molecule has 0 fully saturated rings. The summed E-state index contributed by atoms with van der Waals surface area (Å²) in [5.41, 5.74) is 0.786. The second-order valence-electron chi connectivity index (χ2n) is 5.49. The fourth-order valence-corrected chi connectivity index (χ4v) is 2.55. The van der Waals surface area contributed by atoms with Gasteiger partial charge in [-0.3, -0.25) is 4.79 Å². The summed E-state index contributed by atoms with van der Waals surface area (Å²) in [4.78, 5) is 19.0. The van der Waals surface area contributed by atoms with E-state index in [-0.39, 0.29) is 19.1 Å². The fraction of sp³-hybridized carbons (Fsp3) is 0.375. The largest absolute Gasteiger partial charge is 0.377 e. The summed E-state index contributed by atoms with van der Waals surface area (Å²) in [5, 5.41) is 15.0. The quantitative estimate of drug-likeness (QED) is 0.583. The standard InChI is InChI=1S/C16H19N7O3/c1-3-22(9-14-18-13(10-25-2)19-26-14)16(24)15(23-11-17-20-21-23)12-7-5-4-6-8-12/h4-8,11,15H,3,9-10H2,1-2H3. The molecule has 0 spiro atoms. The van der Waals surface area contributed by atoms with Gasteiger partial charge in [0.2, 0.25) is 5.89 Å². The molecule has 1 amide bonds. The van der Waals surface area contributed by atoms with Crippen LogP contribution >= 0.6 is 0 Å². The Bertz CT molecular complexity index is 820. The predicted octanol–water partition coefficient (Wildman–Crippen LogP) is 0.841. The molecule has 3 rings (SSSR count). The highest BCUT2D eigenvalue weighted by atomic mass is 16.5. The molecule has 1 atom stereocenters. The van der Waals surface area contributed by atoms with E-state index in [0.29, 0.717) is 18.3 Å². The molecule has 136 valence electrons. The monoisotopic (exact) mass is 357 g/mol. The number of nitrogens with zero attached hydrogens (tertiary/aromatic N) is 7. The molecule has 3 aromatic rings. The van der Waals surface area contributed by atoms with Crippen molar-refractivity contribution in [2.24, 2.45) is 0 Å². The Labute approximate surface area is 149 Å². The zero-order valence-corrected chi connectivity index (χ0v) is 14.5. The number of hydrogen-bond donors (Lipinski definition) is 0. The van der Waals surface area contributed by atoms with Crippen LogP contribution < -0.4 is 0 Å². The third-order valence-corrected chi connectivity index (χ3v) is 3.78. The SMILES string of the molecule is CCN(Cc1nc(COC)no1)C(=O)C(c1ccccc1)n1cnnn1. The number of hydrogen-bond acceptors (Lipinski definition) is 8. The molecule has 0 radical (unpaired) electrons. The van der Waals surface area contributed by atoms with Gasteiger partial charge in [0.15, 0.2) is 11.9 Å². The lowest BCUT2D eigenvalue weighted by molar-refractivity contribution is -0.134. The smallest absolute Gasteiger partial charge is 0.252 e. The number of carbonyl (C=O) groups is 1. The van der Waals surface area contributed by atoms with Crippen LogP contribution in [0.5, 0.6) is 0 Å². The summed E-state index contributed by atoms with van der Waals surface area (Å²) in [6, 6.07) is 8.67. The molecule has 0 aliphatic carbocycles. The van der Waals surface area contributed by atoms with E-state index in [2.05, 4.69) is 25.7 Å². The van der Waals surface area contributed by atoms with E-state index in [9.17, 15) is 4.79 Å². The average Bonchev–Trinajstić information content (AvgIpc) is 3.33. The first kappa shape index (κ1) is 17.7. The molecule has 0 bridgehead atoms. The minimum Gasteiger partial charge on any atom is -0.377 e. The zero-order chi connectivity index (χ0) is 18.4.